The molecule has 0 aromatic heterocycles. The maximum absolute atomic E-state index is 6.09. The number of fused-ring (bicyclic) bond motifs is 1. The standard InChI is InChI=1S/C25H26BrNO4.ClH/c1-28-24-15-20(16-27-10-9-18-5-3-2-4-6-18)13-21(26)25(24)31-17-19-7-8-22-23(14-19)30-12-11-29-22;/h2-8,13-15,27H,9-12,16-17H2,1H3;1H. The summed E-state index contributed by atoms with van der Waals surface area (Å²) in [6.45, 7) is 3.22. The molecule has 0 aliphatic carbocycles. The second kappa shape index (κ2) is 12.0. The van der Waals surface area contributed by atoms with Crippen LogP contribution in [0.1, 0.15) is 16.7 Å². The molecular weight excluding hydrogens is 494 g/mol. The molecule has 32 heavy (non-hydrogen) atoms. The van der Waals surface area contributed by atoms with Gasteiger partial charge in [0, 0.05) is 6.54 Å². The van der Waals surface area contributed by atoms with Gasteiger partial charge in [-0.05, 0) is 69.9 Å². The quantitative estimate of drug-likeness (QED) is 0.374. The van der Waals surface area contributed by atoms with E-state index in [4.69, 9.17) is 18.9 Å². The molecule has 1 aliphatic heterocycles. The van der Waals surface area contributed by atoms with Crippen LogP contribution in [-0.2, 0) is 19.6 Å². The van der Waals surface area contributed by atoms with Crippen molar-refractivity contribution in [2.75, 3.05) is 26.9 Å². The second-order valence-corrected chi connectivity index (χ2v) is 8.14. The van der Waals surface area contributed by atoms with Crippen molar-refractivity contribution >= 4 is 28.3 Å². The summed E-state index contributed by atoms with van der Waals surface area (Å²) in [5.74, 6) is 2.92. The average molecular weight is 521 g/mol. The molecule has 170 valence electrons. The highest BCUT2D eigenvalue weighted by Gasteiger charge is 2.15. The van der Waals surface area contributed by atoms with E-state index >= 15 is 0 Å². The highest BCUT2D eigenvalue weighted by atomic mass is 79.9. The van der Waals surface area contributed by atoms with E-state index in [1.807, 2.05) is 30.3 Å². The fraction of sp³-hybridized carbons (Fsp3) is 0.280. The Morgan fingerprint density at radius 2 is 1.69 bits per heavy atom. The molecule has 0 saturated carbocycles. The minimum Gasteiger partial charge on any atom is -0.493 e. The summed E-state index contributed by atoms with van der Waals surface area (Å²) in [4.78, 5) is 0. The van der Waals surface area contributed by atoms with Crippen molar-refractivity contribution in [3.8, 4) is 23.0 Å². The highest BCUT2D eigenvalue weighted by Crippen LogP contribution is 2.38. The molecule has 0 amide bonds. The van der Waals surface area contributed by atoms with E-state index < -0.39 is 0 Å². The Balaban J connectivity index is 0.00000289. The van der Waals surface area contributed by atoms with Crippen molar-refractivity contribution in [2.24, 2.45) is 0 Å². The van der Waals surface area contributed by atoms with Crippen molar-refractivity contribution in [3.05, 3.63) is 81.8 Å². The van der Waals surface area contributed by atoms with Gasteiger partial charge in [-0.15, -0.1) is 12.4 Å². The van der Waals surface area contributed by atoms with Gasteiger partial charge in [0.05, 0.1) is 11.6 Å². The van der Waals surface area contributed by atoms with Crippen LogP contribution < -0.4 is 24.3 Å². The Morgan fingerprint density at radius 1 is 0.906 bits per heavy atom. The number of ether oxygens (including phenoxy) is 4. The zero-order valence-corrected chi connectivity index (χ0v) is 20.3. The van der Waals surface area contributed by atoms with Crippen molar-refractivity contribution in [1.82, 2.24) is 5.32 Å². The van der Waals surface area contributed by atoms with E-state index in [0.717, 1.165) is 46.6 Å². The summed E-state index contributed by atoms with van der Waals surface area (Å²) in [6.07, 6.45) is 0.996. The van der Waals surface area contributed by atoms with Crippen molar-refractivity contribution in [1.29, 1.82) is 0 Å². The van der Waals surface area contributed by atoms with Crippen molar-refractivity contribution < 1.29 is 18.9 Å². The summed E-state index contributed by atoms with van der Waals surface area (Å²) < 4.78 is 23.8. The first-order chi connectivity index (χ1) is 15.2. The van der Waals surface area contributed by atoms with Gasteiger partial charge in [-0.2, -0.15) is 0 Å². The predicted octanol–water partition coefficient (Wildman–Crippen LogP) is 5.56. The first-order valence-corrected chi connectivity index (χ1v) is 11.1. The third-order valence-electron chi connectivity index (χ3n) is 5.04. The van der Waals surface area contributed by atoms with Gasteiger partial charge in [0.1, 0.15) is 19.8 Å². The summed E-state index contributed by atoms with van der Waals surface area (Å²) >= 11 is 3.64. The predicted molar refractivity (Wildman–Crippen MR) is 132 cm³/mol. The Bertz CT molecular complexity index is 1020. The lowest BCUT2D eigenvalue weighted by molar-refractivity contribution is 0.171. The number of methoxy groups -OCH3 is 1. The molecule has 0 saturated heterocycles. The lowest BCUT2D eigenvalue weighted by Gasteiger charge is -2.19. The van der Waals surface area contributed by atoms with Crippen LogP contribution in [0.4, 0.5) is 0 Å². The normalized spacial score (nSPS) is 12.1. The summed E-state index contributed by atoms with van der Waals surface area (Å²) in [5.41, 5.74) is 3.46. The zero-order valence-electron chi connectivity index (χ0n) is 17.9. The number of hydrogen-bond donors (Lipinski definition) is 1. The molecule has 0 spiro atoms. The lowest BCUT2D eigenvalue weighted by atomic mass is 10.1. The number of hydrogen-bond acceptors (Lipinski definition) is 5. The Labute approximate surface area is 203 Å². The first-order valence-electron chi connectivity index (χ1n) is 10.4. The molecule has 4 rings (SSSR count). The van der Waals surface area contributed by atoms with Gasteiger partial charge in [0.2, 0.25) is 0 Å². The Kier molecular flexibility index (Phi) is 9.09. The fourth-order valence-electron chi connectivity index (χ4n) is 3.46. The van der Waals surface area contributed by atoms with Crippen LogP contribution >= 0.6 is 28.3 Å². The molecule has 1 heterocycles. The monoisotopic (exact) mass is 519 g/mol. The molecule has 0 unspecified atom stereocenters. The largest absolute Gasteiger partial charge is 0.493 e. The topological polar surface area (TPSA) is 49.0 Å². The third kappa shape index (κ3) is 6.31. The summed E-state index contributed by atoms with van der Waals surface area (Å²) in [5, 5.41) is 3.49. The van der Waals surface area contributed by atoms with E-state index in [9.17, 15) is 0 Å². The molecule has 0 radical (unpaired) electrons. The van der Waals surface area contributed by atoms with Gasteiger partial charge in [-0.25, -0.2) is 0 Å². The SMILES string of the molecule is COc1cc(CNCCc2ccccc2)cc(Br)c1OCc1ccc2c(c1)OCCO2.Cl. The van der Waals surface area contributed by atoms with Crippen LogP contribution in [0.15, 0.2) is 65.1 Å². The molecule has 3 aromatic carbocycles. The number of nitrogens with one attached hydrogen (secondary N) is 1. The van der Waals surface area contributed by atoms with E-state index in [0.29, 0.717) is 31.3 Å². The second-order valence-electron chi connectivity index (χ2n) is 7.29. The molecule has 5 nitrogen and oxygen atoms in total. The van der Waals surface area contributed by atoms with Gasteiger partial charge in [-0.3, -0.25) is 0 Å². The maximum atomic E-state index is 6.09. The lowest BCUT2D eigenvalue weighted by Crippen LogP contribution is -2.16. The van der Waals surface area contributed by atoms with Crippen molar-refractivity contribution in [3.63, 3.8) is 0 Å². The minimum atomic E-state index is 0. The molecular formula is C25H27BrClNO4. The smallest absolute Gasteiger partial charge is 0.175 e. The van der Waals surface area contributed by atoms with Crippen LogP contribution in [0.5, 0.6) is 23.0 Å². The number of halogens is 2. The van der Waals surface area contributed by atoms with Crippen LogP contribution in [-0.4, -0.2) is 26.9 Å². The molecule has 3 aromatic rings. The number of benzene rings is 3. The van der Waals surface area contributed by atoms with Gasteiger partial charge >= 0.3 is 0 Å². The van der Waals surface area contributed by atoms with Crippen molar-refractivity contribution in [2.45, 2.75) is 19.6 Å². The minimum absolute atomic E-state index is 0. The highest BCUT2D eigenvalue weighted by molar-refractivity contribution is 9.10. The van der Waals surface area contributed by atoms with Crippen LogP contribution in [0.2, 0.25) is 0 Å². The summed E-state index contributed by atoms with van der Waals surface area (Å²) in [7, 11) is 1.66. The third-order valence-corrected chi connectivity index (χ3v) is 5.63. The molecule has 1 N–H and O–H groups in total. The molecule has 7 heteroatoms. The van der Waals surface area contributed by atoms with Gasteiger partial charge in [-0.1, -0.05) is 36.4 Å². The fourth-order valence-corrected chi connectivity index (χ4v) is 4.06. The maximum Gasteiger partial charge on any atom is 0.175 e. The molecule has 0 bridgehead atoms. The average Bonchev–Trinajstić information content (AvgIpc) is 2.81. The molecule has 1 aliphatic rings. The van der Waals surface area contributed by atoms with Crippen LogP contribution in [0.25, 0.3) is 0 Å². The Morgan fingerprint density at radius 3 is 2.47 bits per heavy atom. The molecule has 0 fully saturated rings. The number of rotatable bonds is 9. The van der Waals surface area contributed by atoms with Gasteiger partial charge in [0.15, 0.2) is 23.0 Å². The van der Waals surface area contributed by atoms with E-state index in [1.54, 1.807) is 7.11 Å². The Hall–Kier alpha value is -2.41. The first kappa shape index (κ1) is 24.2. The van der Waals surface area contributed by atoms with E-state index in [-0.39, 0.29) is 12.4 Å². The summed E-state index contributed by atoms with van der Waals surface area (Å²) in [6, 6.07) is 20.4. The van der Waals surface area contributed by atoms with Gasteiger partial charge in [0.25, 0.3) is 0 Å². The zero-order chi connectivity index (χ0) is 21.5. The molecule has 0 atom stereocenters. The van der Waals surface area contributed by atoms with E-state index in [2.05, 4.69) is 51.6 Å². The van der Waals surface area contributed by atoms with E-state index in [1.165, 1.54) is 5.56 Å². The van der Waals surface area contributed by atoms with Gasteiger partial charge < -0.3 is 24.3 Å². The van der Waals surface area contributed by atoms with Crippen LogP contribution in [0, 0.1) is 0 Å². The van der Waals surface area contributed by atoms with Crippen LogP contribution in [0.3, 0.4) is 0 Å².